The quantitative estimate of drug-likeness (QED) is 0.735. The van der Waals surface area contributed by atoms with E-state index in [4.69, 9.17) is 26.8 Å². The Morgan fingerprint density at radius 3 is 2.68 bits per heavy atom. The van der Waals surface area contributed by atoms with Crippen LogP contribution in [0.5, 0.6) is 5.75 Å². The molecular weight excluding hydrogens is 422 g/mol. The minimum atomic E-state index is -0.304. The Hall–Kier alpha value is -2.62. The molecule has 10 heteroatoms. The second-order valence-electron chi connectivity index (χ2n) is 7.66. The maximum absolute atomic E-state index is 12.9. The lowest BCUT2D eigenvalue weighted by molar-refractivity contribution is 0.0301. The molecule has 0 spiro atoms. The Bertz CT molecular complexity index is 947. The van der Waals surface area contributed by atoms with Crippen LogP contribution < -0.4 is 10.6 Å². The van der Waals surface area contributed by atoms with E-state index in [2.05, 4.69) is 14.9 Å². The molecular formula is C21H26ClN5O4. The van der Waals surface area contributed by atoms with E-state index < -0.39 is 0 Å². The van der Waals surface area contributed by atoms with Crippen LogP contribution in [-0.4, -0.2) is 71.9 Å². The fourth-order valence-electron chi connectivity index (χ4n) is 3.97. The number of anilines is 2. The molecule has 1 aromatic heterocycles. The number of carbonyl (C=O) groups excluding carboxylic acids is 1. The second-order valence-corrected chi connectivity index (χ2v) is 8.07. The van der Waals surface area contributed by atoms with Crippen molar-refractivity contribution in [1.82, 2.24) is 14.9 Å². The fraction of sp³-hybridized carbons (Fsp3) is 0.476. The van der Waals surface area contributed by atoms with Crippen molar-refractivity contribution in [2.75, 3.05) is 56.7 Å². The number of hydrogen-bond acceptors (Lipinski definition) is 8. The molecule has 2 aliphatic rings. The van der Waals surface area contributed by atoms with Crippen LogP contribution in [-0.2, 0) is 9.47 Å². The first kappa shape index (κ1) is 21.6. The lowest BCUT2D eigenvalue weighted by atomic mass is 10.0. The van der Waals surface area contributed by atoms with E-state index in [-0.39, 0.29) is 29.2 Å². The number of nitrogens with zero attached hydrogens (tertiary/aromatic N) is 4. The van der Waals surface area contributed by atoms with Gasteiger partial charge in [0.2, 0.25) is 5.95 Å². The number of nitrogen functional groups attached to an aromatic ring is 1. The minimum Gasteiger partial charge on any atom is -0.507 e. The van der Waals surface area contributed by atoms with Crippen molar-refractivity contribution in [2.24, 2.45) is 0 Å². The molecule has 2 saturated heterocycles. The van der Waals surface area contributed by atoms with Gasteiger partial charge in [0.1, 0.15) is 11.6 Å². The van der Waals surface area contributed by atoms with Crippen LogP contribution in [0.3, 0.4) is 0 Å². The standard InChI is InChI=1S/C21H26ClN5O4/c1-13-9-19(25-21(23)24-13)27-3-2-6-31-12-17(27)14-11-18(28)15(10-16(14)22)20(29)26-4-7-30-8-5-26/h9-11,17,28H,2-8,12H2,1H3,(H2,23,24,25)/t17-/m1/s1. The number of rotatable bonds is 3. The number of aromatic hydroxyl groups is 1. The number of nitrogens with two attached hydrogens (primary N) is 1. The van der Waals surface area contributed by atoms with E-state index in [1.165, 1.54) is 6.07 Å². The second kappa shape index (κ2) is 9.25. The number of ether oxygens (including phenoxy) is 2. The monoisotopic (exact) mass is 447 g/mol. The molecule has 1 atom stereocenters. The molecule has 4 rings (SSSR count). The van der Waals surface area contributed by atoms with Gasteiger partial charge in [-0.2, -0.15) is 4.98 Å². The first-order valence-electron chi connectivity index (χ1n) is 10.3. The number of carbonyl (C=O) groups is 1. The van der Waals surface area contributed by atoms with Crippen LogP contribution >= 0.6 is 11.6 Å². The molecule has 2 aromatic rings. The van der Waals surface area contributed by atoms with E-state index in [0.717, 1.165) is 12.1 Å². The minimum absolute atomic E-state index is 0.113. The van der Waals surface area contributed by atoms with Gasteiger partial charge in [0.15, 0.2) is 0 Å². The molecule has 1 amide bonds. The highest BCUT2D eigenvalue weighted by molar-refractivity contribution is 6.32. The molecule has 166 valence electrons. The number of phenols is 1. The summed E-state index contributed by atoms with van der Waals surface area (Å²) in [5, 5.41) is 11.1. The zero-order valence-electron chi connectivity index (χ0n) is 17.4. The van der Waals surface area contributed by atoms with Gasteiger partial charge in [0, 0.05) is 43.0 Å². The molecule has 9 nitrogen and oxygen atoms in total. The Morgan fingerprint density at radius 1 is 1.16 bits per heavy atom. The average Bonchev–Trinajstić information content (AvgIpc) is 3.00. The van der Waals surface area contributed by atoms with Gasteiger partial charge in [-0.1, -0.05) is 11.6 Å². The Labute approximate surface area is 185 Å². The summed E-state index contributed by atoms with van der Waals surface area (Å²) in [5.41, 5.74) is 7.47. The molecule has 3 N–H and O–H groups in total. The highest BCUT2D eigenvalue weighted by Crippen LogP contribution is 2.37. The van der Waals surface area contributed by atoms with Crippen molar-refractivity contribution < 1.29 is 19.4 Å². The zero-order valence-corrected chi connectivity index (χ0v) is 18.1. The number of halogens is 1. The summed E-state index contributed by atoms with van der Waals surface area (Å²) in [5.74, 6) is 0.490. The van der Waals surface area contributed by atoms with E-state index in [1.54, 1.807) is 11.0 Å². The normalized spacial score (nSPS) is 19.9. The largest absolute Gasteiger partial charge is 0.507 e. The van der Waals surface area contributed by atoms with Crippen LogP contribution in [0.25, 0.3) is 0 Å². The Kier molecular flexibility index (Phi) is 6.45. The predicted molar refractivity (Wildman–Crippen MR) is 117 cm³/mol. The van der Waals surface area contributed by atoms with E-state index in [9.17, 15) is 9.90 Å². The molecule has 2 fully saturated rings. The summed E-state index contributed by atoms with van der Waals surface area (Å²) in [6.07, 6.45) is 0.802. The number of phenolic OH excluding ortho intramolecular Hbond substituents is 1. The molecule has 0 bridgehead atoms. The van der Waals surface area contributed by atoms with Crippen molar-refractivity contribution >= 4 is 29.3 Å². The average molecular weight is 448 g/mol. The lowest BCUT2D eigenvalue weighted by Crippen LogP contribution is -2.40. The van der Waals surface area contributed by atoms with Gasteiger partial charge >= 0.3 is 0 Å². The number of morpholine rings is 1. The predicted octanol–water partition coefficient (Wildman–Crippen LogP) is 2.17. The zero-order chi connectivity index (χ0) is 22.0. The van der Waals surface area contributed by atoms with Crippen molar-refractivity contribution in [2.45, 2.75) is 19.4 Å². The lowest BCUT2D eigenvalue weighted by Gasteiger charge is -2.32. The van der Waals surface area contributed by atoms with Gasteiger partial charge in [-0.25, -0.2) is 4.98 Å². The number of aromatic nitrogens is 2. The van der Waals surface area contributed by atoms with Crippen molar-refractivity contribution in [3.8, 4) is 5.75 Å². The Balaban J connectivity index is 1.68. The van der Waals surface area contributed by atoms with Crippen molar-refractivity contribution in [3.05, 3.63) is 40.0 Å². The molecule has 0 unspecified atom stereocenters. The van der Waals surface area contributed by atoms with Gasteiger partial charge in [-0.15, -0.1) is 0 Å². The fourth-order valence-corrected chi connectivity index (χ4v) is 4.26. The Morgan fingerprint density at radius 2 is 1.94 bits per heavy atom. The van der Waals surface area contributed by atoms with Gasteiger partial charge in [0.05, 0.1) is 31.4 Å². The van der Waals surface area contributed by atoms with Crippen molar-refractivity contribution in [1.29, 1.82) is 0 Å². The smallest absolute Gasteiger partial charge is 0.257 e. The van der Waals surface area contributed by atoms with Crippen LogP contribution in [0.2, 0.25) is 5.02 Å². The third-order valence-corrected chi connectivity index (χ3v) is 5.82. The van der Waals surface area contributed by atoms with E-state index in [0.29, 0.717) is 62.5 Å². The molecule has 0 radical (unpaired) electrons. The van der Waals surface area contributed by atoms with Crippen LogP contribution in [0.4, 0.5) is 11.8 Å². The maximum Gasteiger partial charge on any atom is 0.257 e. The topological polar surface area (TPSA) is 114 Å². The summed E-state index contributed by atoms with van der Waals surface area (Å²) < 4.78 is 11.1. The van der Waals surface area contributed by atoms with Crippen LogP contribution in [0.15, 0.2) is 18.2 Å². The summed E-state index contributed by atoms with van der Waals surface area (Å²) in [6.45, 7) is 5.42. The molecule has 1 aromatic carbocycles. The molecule has 0 aliphatic carbocycles. The van der Waals surface area contributed by atoms with Gasteiger partial charge < -0.3 is 30.1 Å². The highest BCUT2D eigenvalue weighted by Gasteiger charge is 2.29. The first-order chi connectivity index (χ1) is 14.9. The van der Waals surface area contributed by atoms with Gasteiger partial charge in [-0.05, 0) is 31.0 Å². The number of benzene rings is 1. The molecule has 3 heterocycles. The number of amides is 1. The van der Waals surface area contributed by atoms with Crippen molar-refractivity contribution in [3.63, 3.8) is 0 Å². The summed E-state index contributed by atoms with van der Waals surface area (Å²) in [4.78, 5) is 25.1. The molecule has 2 aliphatic heterocycles. The van der Waals surface area contributed by atoms with Gasteiger partial charge in [-0.3, -0.25) is 4.79 Å². The highest BCUT2D eigenvalue weighted by atomic mass is 35.5. The maximum atomic E-state index is 12.9. The van der Waals surface area contributed by atoms with E-state index in [1.807, 2.05) is 13.0 Å². The summed E-state index contributed by atoms with van der Waals surface area (Å²) in [7, 11) is 0. The van der Waals surface area contributed by atoms with Gasteiger partial charge in [0.25, 0.3) is 5.91 Å². The summed E-state index contributed by atoms with van der Waals surface area (Å²) in [6, 6.07) is 4.65. The SMILES string of the molecule is Cc1cc(N2CCCOC[C@@H]2c2cc(O)c(C(=O)N3CCOCC3)cc2Cl)nc(N)n1. The number of hydrogen-bond donors (Lipinski definition) is 2. The first-order valence-corrected chi connectivity index (χ1v) is 10.7. The third-order valence-electron chi connectivity index (χ3n) is 5.49. The third kappa shape index (κ3) is 4.68. The molecule has 31 heavy (non-hydrogen) atoms. The summed E-state index contributed by atoms with van der Waals surface area (Å²) >= 11 is 6.64. The van der Waals surface area contributed by atoms with Crippen LogP contribution in [0, 0.1) is 6.92 Å². The molecule has 0 saturated carbocycles. The van der Waals surface area contributed by atoms with Crippen LogP contribution in [0.1, 0.15) is 34.1 Å². The van der Waals surface area contributed by atoms with E-state index >= 15 is 0 Å². The number of aryl methyl sites for hydroxylation is 1.